The van der Waals surface area contributed by atoms with Gasteiger partial charge in [0.1, 0.15) is 13.4 Å². The third-order valence-electron chi connectivity index (χ3n) is 7.69. The highest BCUT2D eigenvalue weighted by Crippen LogP contribution is 2.46. The van der Waals surface area contributed by atoms with Gasteiger partial charge in [-0.15, -0.1) is 0 Å². The van der Waals surface area contributed by atoms with Gasteiger partial charge in [0.05, 0.1) is 16.3 Å². The van der Waals surface area contributed by atoms with E-state index < -0.39 is 5.34 Å². The minimum atomic E-state index is -0.413. The van der Waals surface area contributed by atoms with Gasteiger partial charge in [-0.2, -0.15) is 5.10 Å². The Morgan fingerprint density at radius 3 is 2.88 bits per heavy atom. The summed E-state index contributed by atoms with van der Waals surface area (Å²) < 4.78 is 1.83. The maximum atomic E-state index is 13.3. The van der Waals surface area contributed by atoms with Crippen molar-refractivity contribution in [2.24, 2.45) is 7.05 Å². The minimum Gasteiger partial charge on any atom is -0.338 e. The highest BCUT2D eigenvalue weighted by atomic mass is 35.5. The van der Waals surface area contributed by atoms with Crippen LogP contribution in [0, 0.1) is 0 Å². The number of carbonyl (C=O) groups excluding carboxylic acids is 1. The standard InChI is InChI=1S/C25H21B2ClN4O/c1-31-11-19-15(6-7-21(28)22(19)30-31)14-9-17(13-4-5-13)18-12-32-24(33)16-3-2-8-29-23(16)25(32,26)27-20(18)10-14/h2-3,6-11,13,27H,4-5,12,26H2,1H3. The molecule has 1 aliphatic carbocycles. The van der Waals surface area contributed by atoms with Gasteiger partial charge in [0.15, 0.2) is 7.28 Å². The Balaban J connectivity index is 1.44. The van der Waals surface area contributed by atoms with Crippen molar-refractivity contribution in [1.29, 1.82) is 0 Å². The Labute approximate surface area is 198 Å². The lowest BCUT2D eigenvalue weighted by Crippen LogP contribution is -2.57. The summed E-state index contributed by atoms with van der Waals surface area (Å²) in [6, 6.07) is 12.5. The van der Waals surface area contributed by atoms with Crippen LogP contribution in [0.2, 0.25) is 5.02 Å². The molecule has 33 heavy (non-hydrogen) atoms. The van der Waals surface area contributed by atoms with E-state index in [0.717, 1.165) is 35.0 Å². The highest BCUT2D eigenvalue weighted by Gasteiger charge is 2.51. The lowest BCUT2D eigenvalue weighted by molar-refractivity contribution is 0.0725. The van der Waals surface area contributed by atoms with Crippen LogP contribution < -0.4 is 5.46 Å². The first-order valence-electron chi connectivity index (χ1n) is 11.5. The van der Waals surface area contributed by atoms with E-state index in [4.69, 9.17) is 11.6 Å². The summed E-state index contributed by atoms with van der Waals surface area (Å²) in [5, 5.41) is 5.90. The fourth-order valence-corrected chi connectivity index (χ4v) is 6.12. The summed E-state index contributed by atoms with van der Waals surface area (Å²) in [7, 11) is 4.87. The molecular formula is C25H21B2ClN4O. The first-order valence-corrected chi connectivity index (χ1v) is 11.9. The van der Waals surface area contributed by atoms with Crippen molar-refractivity contribution in [3.05, 3.63) is 76.2 Å². The van der Waals surface area contributed by atoms with Gasteiger partial charge in [0.25, 0.3) is 5.91 Å². The molecule has 1 saturated carbocycles. The number of aromatic nitrogens is 3. The zero-order valence-electron chi connectivity index (χ0n) is 18.6. The van der Waals surface area contributed by atoms with Crippen LogP contribution in [0.5, 0.6) is 0 Å². The lowest BCUT2D eigenvalue weighted by Gasteiger charge is -2.41. The number of benzene rings is 2. The third-order valence-corrected chi connectivity index (χ3v) is 7.99. The van der Waals surface area contributed by atoms with Crippen LogP contribution in [-0.4, -0.2) is 40.7 Å². The van der Waals surface area contributed by atoms with Gasteiger partial charge in [-0.25, -0.2) is 0 Å². The number of fused-ring (bicyclic) bond motifs is 5. The van der Waals surface area contributed by atoms with Gasteiger partial charge in [-0.05, 0) is 59.2 Å². The molecule has 5 nitrogen and oxygen atoms in total. The predicted molar refractivity (Wildman–Crippen MR) is 134 cm³/mol. The zero-order chi connectivity index (χ0) is 22.5. The number of nitrogens with zero attached hydrogens (tertiary/aromatic N) is 4. The Morgan fingerprint density at radius 1 is 1.21 bits per heavy atom. The fourth-order valence-electron chi connectivity index (χ4n) is 5.92. The van der Waals surface area contributed by atoms with Gasteiger partial charge in [-0.1, -0.05) is 35.3 Å². The first kappa shape index (κ1) is 19.4. The molecule has 7 rings (SSSR count). The summed E-state index contributed by atoms with van der Waals surface area (Å²) in [4.78, 5) is 20.0. The summed E-state index contributed by atoms with van der Waals surface area (Å²) in [5.41, 5.74) is 8.89. The summed E-state index contributed by atoms with van der Waals surface area (Å²) in [6.45, 7) is 0.649. The molecule has 1 fully saturated rings. The van der Waals surface area contributed by atoms with Crippen molar-refractivity contribution >= 4 is 49.0 Å². The molecule has 3 aliphatic rings. The van der Waals surface area contributed by atoms with Gasteiger partial charge in [0.2, 0.25) is 0 Å². The molecule has 1 unspecified atom stereocenters. The Hall–Kier alpha value is -3.05. The molecule has 2 aromatic carbocycles. The van der Waals surface area contributed by atoms with Crippen LogP contribution >= 0.6 is 11.6 Å². The van der Waals surface area contributed by atoms with Gasteiger partial charge < -0.3 is 4.90 Å². The second-order valence-electron chi connectivity index (χ2n) is 9.88. The first-order chi connectivity index (χ1) is 15.9. The normalized spacial score (nSPS) is 21.0. The number of halogens is 1. The molecule has 0 spiro atoms. The molecule has 0 bridgehead atoms. The SMILES string of the molecule is BC12Bc3cc(-c4ccc(Cl)c5nn(C)cc45)cc(C4CC4)c3CN1C(=O)c1cccnc12. The molecule has 4 heterocycles. The number of hydrogen-bond acceptors (Lipinski definition) is 3. The largest absolute Gasteiger partial charge is 0.338 e. The van der Waals surface area contributed by atoms with E-state index in [0.29, 0.717) is 17.5 Å². The number of hydrogen-bond donors (Lipinski definition) is 0. The van der Waals surface area contributed by atoms with Crippen molar-refractivity contribution in [2.45, 2.75) is 30.6 Å². The van der Waals surface area contributed by atoms with E-state index in [2.05, 4.69) is 36.1 Å². The Bertz CT molecular complexity index is 1510. The van der Waals surface area contributed by atoms with Crippen molar-refractivity contribution in [3.63, 3.8) is 0 Å². The number of rotatable bonds is 2. The van der Waals surface area contributed by atoms with Crippen molar-refractivity contribution in [1.82, 2.24) is 19.7 Å². The van der Waals surface area contributed by atoms with Crippen LogP contribution in [0.1, 0.15) is 45.9 Å². The van der Waals surface area contributed by atoms with Crippen LogP contribution in [0.15, 0.2) is 48.8 Å². The topological polar surface area (TPSA) is 51.0 Å². The monoisotopic (exact) mass is 450 g/mol. The Morgan fingerprint density at radius 2 is 2.06 bits per heavy atom. The number of pyridine rings is 1. The number of amides is 1. The maximum Gasteiger partial charge on any atom is 0.255 e. The van der Waals surface area contributed by atoms with Crippen molar-refractivity contribution in [3.8, 4) is 11.1 Å². The summed E-state index contributed by atoms with van der Waals surface area (Å²) in [5.74, 6) is 0.685. The average Bonchev–Trinajstić information content (AvgIpc) is 3.54. The molecule has 0 saturated heterocycles. The molecule has 2 aromatic heterocycles. The van der Waals surface area contributed by atoms with Gasteiger partial charge in [-0.3, -0.25) is 14.5 Å². The lowest BCUT2D eigenvalue weighted by atomic mass is 9.41. The molecule has 8 heteroatoms. The minimum absolute atomic E-state index is 0.104. The van der Waals surface area contributed by atoms with E-state index in [-0.39, 0.29) is 5.91 Å². The third kappa shape index (κ3) is 2.66. The molecule has 0 radical (unpaired) electrons. The van der Waals surface area contributed by atoms with Gasteiger partial charge in [0, 0.05) is 36.7 Å². The van der Waals surface area contributed by atoms with E-state index in [1.54, 1.807) is 6.20 Å². The quantitative estimate of drug-likeness (QED) is 0.441. The number of aryl methyl sites for hydroxylation is 1. The van der Waals surface area contributed by atoms with Gasteiger partial charge >= 0.3 is 0 Å². The second-order valence-corrected chi connectivity index (χ2v) is 10.3. The molecule has 2 aliphatic heterocycles. The van der Waals surface area contributed by atoms with Crippen LogP contribution in [0.3, 0.4) is 0 Å². The molecular weight excluding hydrogens is 429 g/mol. The number of carbonyl (C=O) groups is 1. The molecule has 4 aromatic rings. The maximum absolute atomic E-state index is 13.3. The summed E-state index contributed by atoms with van der Waals surface area (Å²) in [6.07, 6.45) is 6.28. The van der Waals surface area contributed by atoms with Crippen molar-refractivity contribution < 1.29 is 4.79 Å². The predicted octanol–water partition coefficient (Wildman–Crippen LogP) is 2.64. The highest BCUT2D eigenvalue weighted by molar-refractivity contribution is 6.67. The molecule has 160 valence electrons. The van der Waals surface area contributed by atoms with E-state index in [9.17, 15) is 4.79 Å². The average molecular weight is 451 g/mol. The second kappa shape index (κ2) is 6.51. The van der Waals surface area contributed by atoms with E-state index in [1.165, 1.54) is 35.0 Å². The molecule has 1 amide bonds. The van der Waals surface area contributed by atoms with Crippen LogP contribution in [0.4, 0.5) is 0 Å². The summed E-state index contributed by atoms with van der Waals surface area (Å²) >= 11 is 6.46. The smallest absolute Gasteiger partial charge is 0.255 e. The van der Waals surface area contributed by atoms with Crippen molar-refractivity contribution in [2.75, 3.05) is 0 Å². The molecule has 1 atom stereocenters. The van der Waals surface area contributed by atoms with Crippen LogP contribution in [0.25, 0.3) is 22.0 Å². The fraction of sp³-hybridized carbons (Fsp3) is 0.240. The zero-order valence-corrected chi connectivity index (χ0v) is 19.4. The van der Waals surface area contributed by atoms with E-state index in [1.807, 2.05) is 41.0 Å². The van der Waals surface area contributed by atoms with E-state index >= 15 is 0 Å². The molecule has 0 N–H and O–H groups in total. The van der Waals surface area contributed by atoms with Crippen LogP contribution in [-0.2, 0) is 18.9 Å². The Kier molecular flexibility index (Phi) is 3.83.